The first-order valence-corrected chi connectivity index (χ1v) is 11.8. The second-order valence-corrected chi connectivity index (χ2v) is 8.90. The maximum absolute atomic E-state index is 7.70. The molecule has 5 rings (SSSR count). The van der Waals surface area contributed by atoms with Crippen LogP contribution in [0.1, 0.15) is 13.3 Å². The third-order valence-electron chi connectivity index (χ3n) is 6.55. The van der Waals surface area contributed by atoms with Crippen molar-refractivity contribution in [3.05, 3.63) is 54.4 Å². The molecule has 172 valence electrons. The zero-order valence-corrected chi connectivity index (χ0v) is 19.3. The van der Waals surface area contributed by atoms with E-state index in [-0.39, 0.29) is 0 Å². The van der Waals surface area contributed by atoms with Gasteiger partial charge in [-0.3, -0.25) is 4.99 Å². The molecule has 4 heterocycles. The molecule has 0 unspecified atom stereocenters. The number of anilines is 2. The van der Waals surface area contributed by atoms with Crippen molar-refractivity contribution in [1.29, 1.82) is 5.41 Å². The van der Waals surface area contributed by atoms with E-state index >= 15 is 0 Å². The molecule has 0 spiro atoms. The topological polar surface area (TPSA) is 68.1 Å². The van der Waals surface area contributed by atoms with E-state index in [9.17, 15) is 0 Å². The molecule has 1 aromatic heterocycles. The smallest absolute Gasteiger partial charge is 0.128 e. The van der Waals surface area contributed by atoms with Crippen molar-refractivity contribution < 1.29 is 4.74 Å². The molecule has 0 saturated carbocycles. The van der Waals surface area contributed by atoms with Crippen LogP contribution in [0.4, 0.5) is 11.5 Å². The third kappa shape index (κ3) is 4.93. The molecule has 7 nitrogen and oxygen atoms in total. The van der Waals surface area contributed by atoms with E-state index in [0.717, 1.165) is 76.1 Å². The lowest BCUT2D eigenvalue weighted by Crippen LogP contribution is -2.46. The van der Waals surface area contributed by atoms with E-state index in [1.807, 2.05) is 13.1 Å². The molecule has 0 amide bonds. The number of nitrogens with zero attached hydrogens (tertiary/aromatic N) is 5. The number of pyridine rings is 1. The van der Waals surface area contributed by atoms with Crippen LogP contribution in [0, 0.1) is 5.41 Å². The number of ether oxygens (including phenoxy) is 1. The van der Waals surface area contributed by atoms with Gasteiger partial charge in [0.1, 0.15) is 5.82 Å². The van der Waals surface area contributed by atoms with Crippen molar-refractivity contribution in [3.63, 3.8) is 0 Å². The number of aromatic nitrogens is 1. The summed E-state index contributed by atoms with van der Waals surface area (Å²) >= 11 is 0. The Morgan fingerprint density at radius 3 is 2.42 bits per heavy atom. The first-order valence-electron chi connectivity index (χ1n) is 11.8. The Kier molecular flexibility index (Phi) is 6.39. The van der Waals surface area contributed by atoms with Crippen molar-refractivity contribution in [2.24, 2.45) is 4.99 Å². The minimum Gasteiger partial charge on any atom is -0.378 e. The summed E-state index contributed by atoms with van der Waals surface area (Å²) < 4.78 is 5.46. The zero-order chi connectivity index (χ0) is 22.6. The van der Waals surface area contributed by atoms with Crippen LogP contribution in [-0.4, -0.2) is 80.3 Å². The van der Waals surface area contributed by atoms with Crippen molar-refractivity contribution in [2.45, 2.75) is 13.3 Å². The molecule has 0 aliphatic carbocycles. The summed E-state index contributed by atoms with van der Waals surface area (Å²) in [4.78, 5) is 16.6. The van der Waals surface area contributed by atoms with Crippen LogP contribution in [0.5, 0.6) is 0 Å². The Labute approximate surface area is 195 Å². The molecule has 2 aromatic rings. The van der Waals surface area contributed by atoms with E-state index < -0.39 is 0 Å². The molecule has 2 saturated heterocycles. The van der Waals surface area contributed by atoms with Gasteiger partial charge in [0, 0.05) is 85.8 Å². The summed E-state index contributed by atoms with van der Waals surface area (Å²) in [5, 5.41) is 7.70. The van der Waals surface area contributed by atoms with E-state index in [1.165, 1.54) is 16.9 Å². The monoisotopic (exact) mass is 444 g/mol. The molecular weight excluding hydrogens is 412 g/mol. The largest absolute Gasteiger partial charge is 0.378 e. The minimum atomic E-state index is 0.662. The maximum atomic E-state index is 7.70. The highest BCUT2D eigenvalue weighted by Crippen LogP contribution is 2.32. The lowest BCUT2D eigenvalue weighted by molar-refractivity contribution is 0.122. The van der Waals surface area contributed by atoms with Gasteiger partial charge < -0.3 is 24.8 Å². The number of nitrogens with one attached hydrogen (secondary N) is 1. The Morgan fingerprint density at radius 1 is 0.939 bits per heavy atom. The zero-order valence-electron chi connectivity index (χ0n) is 19.3. The molecule has 0 atom stereocenters. The van der Waals surface area contributed by atoms with E-state index in [4.69, 9.17) is 15.1 Å². The lowest BCUT2D eigenvalue weighted by atomic mass is 10.0. The van der Waals surface area contributed by atoms with Gasteiger partial charge in [-0.15, -0.1) is 0 Å². The predicted molar refractivity (Wildman–Crippen MR) is 135 cm³/mol. The molecule has 2 fully saturated rings. The maximum Gasteiger partial charge on any atom is 0.128 e. The van der Waals surface area contributed by atoms with Crippen molar-refractivity contribution >= 4 is 22.9 Å². The molecule has 0 bridgehead atoms. The fraction of sp³-hybridized carbons (Fsp3) is 0.423. The number of allylic oxidation sites excluding steroid dienone is 1. The summed E-state index contributed by atoms with van der Waals surface area (Å²) in [5.41, 5.74) is 6.66. The van der Waals surface area contributed by atoms with Gasteiger partial charge >= 0.3 is 0 Å². The van der Waals surface area contributed by atoms with Gasteiger partial charge in [0.15, 0.2) is 0 Å². The van der Waals surface area contributed by atoms with Crippen LogP contribution in [-0.2, 0) is 4.74 Å². The number of aliphatic imine (C=N–C) groups is 1. The van der Waals surface area contributed by atoms with Crippen molar-refractivity contribution in [3.8, 4) is 11.1 Å². The van der Waals surface area contributed by atoms with Gasteiger partial charge in [-0.05, 0) is 31.2 Å². The van der Waals surface area contributed by atoms with Crippen LogP contribution >= 0.6 is 0 Å². The van der Waals surface area contributed by atoms with Gasteiger partial charge in [0.05, 0.1) is 19.8 Å². The Hall–Kier alpha value is -3.19. The number of piperazine rings is 1. The molecule has 1 N–H and O–H groups in total. The second kappa shape index (κ2) is 9.75. The highest BCUT2D eigenvalue weighted by atomic mass is 16.5. The Morgan fingerprint density at radius 2 is 1.70 bits per heavy atom. The van der Waals surface area contributed by atoms with Gasteiger partial charge in [-0.25, -0.2) is 4.98 Å². The van der Waals surface area contributed by atoms with Crippen molar-refractivity contribution in [1.82, 2.24) is 9.88 Å². The highest BCUT2D eigenvalue weighted by Gasteiger charge is 2.23. The summed E-state index contributed by atoms with van der Waals surface area (Å²) in [6.07, 6.45) is 4.85. The predicted octanol–water partition coefficient (Wildman–Crippen LogP) is 3.48. The lowest BCUT2D eigenvalue weighted by Gasteiger charge is -2.38. The first-order chi connectivity index (χ1) is 16.2. The number of morpholine rings is 1. The second-order valence-electron chi connectivity index (χ2n) is 8.90. The summed E-state index contributed by atoms with van der Waals surface area (Å²) in [6.45, 7) is 9.86. The van der Waals surface area contributed by atoms with Gasteiger partial charge in [0.25, 0.3) is 0 Å². The molecule has 0 radical (unpaired) electrons. The van der Waals surface area contributed by atoms with Crippen molar-refractivity contribution in [2.75, 3.05) is 68.8 Å². The summed E-state index contributed by atoms with van der Waals surface area (Å²) in [7, 11) is 0. The number of para-hydroxylation sites is 1. The molecule has 1 aromatic carbocycles. The molecule has 3 aliphatic rings. The molecular formula is C26H32N6O. The highest BCUT2D eigenvalue weighted by molar-refractivity contribution is 6.09. The normalized spacial score (nSPS) is 18.9. The molecule has 33 heavy (non-hydrogen) atoms. The Bertz CT molecular complexity index is 1050. The fourth-order valence-corrected chi connectivity index (χ4v) is 4.79. The minimum absolute atomic E-state index is 0.662. The first kappa shape index (κ1) is 21.6. The molecule has 3 aliphatic heterocycles. The fourth-order valence-electron chi connectivity index (χ4n) is 4.79. The quantitative estimate of drug-likeness (QED) is 0.691. The Balaban J connectivity index is 1.26. The molecule has 7 heteroatoms. The number of hydrogen-bond donors (Lipinski definition) is 1. The number of hydrogen-bond acceptors (Lipinski definition) is 7. The summed E-state index contributed by atoms with van der Waals surface area (Å²) in [5.74, 6) is 1.03. The standard InChI is InChI=1S/C26H32N6O/c1-20(27)16-22-17-23(19-28-22)30-8-10-31(11-9-30)25-5-3-2-4-24(25)21-6-7-26(29-18-21)32-12-14-33-15-13-32/h2-7,17-18,27H,8-16,19H2,1H3. The summed E-state index contributed by atoms with van der Waals surface area (Å²) in [6, 6.07) is 13.0. The van der Waals surface area contributed by atoms with Crippen LogP contribution in [0.3, 0.4) is 0 Å². The van der Waals surface area contributed by atoms with Gasteiger partial charge in [-0.1, -0.05) is 18.2 Å². The van der Waals surface area contributed by atoms with Crippen LogP contribution in [0.2, 0.25) is 0 Å². The average Bonchev–Trinajstić information content (AvgIpc) is 3.33. The average molecular weight is 445 g/mol. The van der Waals surface area contributed by atoms with E-state index in [1.54, 1.807) is 0 Å². The van der Waals surface area contributed by atoms with Crippen LogP contribution < -0.4 is 9.80 Å². The van der Waals surface area contributed by atoms with E-state index in [2.05, 4.69) is 62.2 Å². The SMILES string of the molecule is CC(=N)CC1=NCC(N2CCN(c3ccccc3-c3ccc(N4CCOCC4)nc3)CC2)=C1. The number of rotatable bonds is 6. The third-order valence-corrected chi connectivity index (χ3v) is 6.55. The van der Waals surface area contributed by atoms with Gasteiger partial charge in [0.2, 0.25) is 0 Å². The van der Waals surface area contributed by atoms with Crippen LogP contribution in [0.15, 0.2) is 59.4 Å². The number of benzene rings is 1. The van der Waals surface area contributed by atoms with E-state index in [0.29, 0.717) is 12.1 Å². The van der Waals surface area contributed by atoms with Crippen LogP contribution in [0.25, 0.3) is 11.1 Å². The van der Waals surface area contributed by atoms with Gasteiger partial charge in [-0.2, -0.15) is 0 Å².